The second-order valence-corrected chi connectivity index (χ2v) is 10.9. The lowest BCUT2D eigenvalue weighted by molar-refractivity contribution is 0.972. The van der Waals surface area contributed by atoms with Gasteiger partial charge >= 0.3 is 0 Å². The topological polar surface area (TPSA) is 57.4 Å². The maximum absolute atomic E-state index is 5.21. The van der Waals surface area contributed by atoms with E-state index in [1.165, 1.54) is 44.5 Å². The van der Waals surface area contributed by atoms with Gasteiger partial charge in [-0.1, -0.05) is 40.5 Å². The molecule has 0 amide bonds. The molecule has 0 unspecified atom stereocenters. The summed E-state index contributed by atoms with van der Waals surface area (Å²) in [5.74, 6) is 0. The second kappa shape index (κ2) is 10.4. The van der Waals surface area contributed by atoms with Gasteiger partial charge in [-0.15, -0.1) is 0 Å². The van der Waals surface area contributed by atoms with Crippen LogP contribution >= 0.6 is 0 Å². The monoisotopic (exact) mass is 506 g/mol. The molecule has 0 atom stereocenters. The number of nitrogens with one attached hydrogen (secondary N) is 2. The highest BCUT2D eigenvalue weighted by atomic mass is 14.8. The highest BCUT2D eigenvalue weighted by Crippen LogP contribution is 2.37. The third-order valence-electron chi connectivity index (χ3n) is 8.51. The molecule has 0 radical (unpaired) electrons. The maximum Gasteiger partial charge on any atom is 0.0693 e. The lowest BCUT2D eigenvalue weighted by Gasteiger charge is -2.02. The lowest BCUT2D eigenvalue weighted by atomic mass is 10.0. The van der Waals surface area contributed by atoms with E-state index in [4.69, 9.17) is 9.97 Å². The first-order valence-electron chi connectivity index (χ1n) is 14.4. The minimum atomic E-state index is 0.973. The fourth-order valence-corrected chi connectivity index (χ4v) is 6.26. The number of hydrogen-bond donors (Lipinski definition) is 2. The van der Waals surface area contributed by atoms with Crippen molar-refractivity contribution in [3.05, 3.63) is 69.3 Å². The van der Waals surface area contributed by atoms with Gasteiger partial charge in [0.05, 0.1) is 22.8 Å². The third-order valence-corrected chi connectivity index (χ3v) is 8.51. The van der Waals surface area contributed by atoms with Gasteiger partial charge in [-0.2, -0.15) is 0 Å². The molecule has 3 aromatic rings. The molecule has 0 saturated heterocycles. The number of aromatic amines is 2. The lowest BCUT2D eigenvalue weighted by Crippen LogP contribution is -1.83. The molecule has 8 bridgehead atoms. The summed E-state index contributed by atoms with van der Waals surface area (Å²) in [5, 5.41) is 0. The van der Waals surface area contributed by atoms with Crippen molar-refractivity contribution in [1.82, 2.24) is 19.9 Å². The fourth-order valence-electron chi connectivity index (χ4n) is 6.26. The summed E-state index contributed by atoms with van der Waals surface area (Å²) in [6.45, 7) is 17.9. The number of aromatic nitrogens is 4. The predicted molar refractivity (Wildman–Crippen MR) is 164 cm³/mol. The first kappa shape index (κ1) is 26.2. The van der Waals surface area contributed by atoms with E-state index >= 15 is 0 Å². The van der Waals surface area contributed by atoms with Crippen LogP contribution in [0.25, 0.3) is 44.4 Å². The van der Waals surface area contributed by atoms with Crippen LogP contribution in [0.4, 0.5) is 0 Å². The Morgan fingerprint density at radius 1 is 0.526 bits per heavy atom. The number of rotatable bonds is 6. The van der Waals surface area contributed by atoms with Crippen molar-refractivity contribution in [2.75, 3.05) is 0 Å². The van der Waals surface area contributed by atoms with Gasteiger partial charge in [0.25, 0.3) is 0 Å². The van der Waals surface area contributed by atoms with Crippen LogP contribution in [-0.2, 0) is 12.8 Å². The molecule has 2 aliphatic heterocycles. The van der Waals surface area contributed by atoms with Crippen molar-refractivity contribution < 1.29 is 0 Å². The predicted octanol–water partition coefficient (Wildman–Crippen LogP) is 9.52. The van der Waals surface area contributed by atoms with Crippen LogP contribution in [0.5, 0.6) is 0 Å². The second-order valence-electron chi connectivity index (χ2n) is 10.9. The van der Waals surface area contributed by atoms with Crippen LogP contribution in [-0.4, -0.2) is 19.9 Å². The molecule has 2 aliphatic rings. The summed E-state index contributed by atoms with van der Waals surface area (Å²) in [6.07, 6.45) is 6.20. The Hall–Kier alpha value is -3.40. The normalized spacial score (nSPS) is 13.7. The first-order chi connectivity index (χ1) is 18.3. The quantitative estimate of drug-likeness (QED) is 0.350. The minimum Gasteiger partial charge on any atom is -0.355 e. The van der Waals surface area contributed by atoms with Crippen LogP contribution in [0.3, 0.4) is 0 Å². The Morgan fingerprint density at radius 2 is 0.895 bits per heavy atom. The van der Waals surface area contributed by atoms with Crippen molar-refractivity contribution >= 4 is 44.4 Å². The Morgan fingerprint density at radius 3 is 1.24 bits per heavy atom. The van der Waals surface area contributed by atoms with E-state index in [0.29, 0.717) is 0 Å². The van der Waals surface area contributed by atoms with Gasteiger partial charge in [-0.3, -0.25) is 0 Å². The standard InChI is InChI=1S/C34H42N4/c1-9-13-25-21(7)29-15-31-24(12-4)20(6)28(36-31)18-34-26(14-10-2)22(8)30(38-34)16-32-23(11-3)19(5)27(35-32)17-33(25)37-29/h15-18,35-36H,9-14H2,1-8H3. The summed E-state index contributed by atoms with van der Waals surface area (Å²) >= 11 is 0. The molecule has 4 heteroatoms. The van der Waals surface area contributed by atoms with Gasteiger partial charge in [-0.05, 0) is 122 Å². The molecule has 0 fully saturated rings. The average molecular weight is 507 g/mol. The molecular weight excluding hydrogens is 464 g/mol. The smallest absolute Gasteiger partial charge is 0.0693 e. The van der Waals surface area contributed by atoms with Crippen LogP contribution in [0.1, 0.15) is 112 Å². The van der Waals surface area contributed by atoms with Gasteiger partial charge < -0.3 is 9.97 Å². The zero-order valence-corrected chi connectivity index (χ0v) is 24.4. The van der Waals surface area contributed by atoms with Gasteiger partial charge in [-0.25, -0.2) is 9.97 Å². The van der Waals surface area contributed by atoms with Crippen molar-refractivity contribution in [1.29, 1.82) is 0 Å². The SMILES string of the molecule is CCCC1=C(C)c2cc3[nH]c(cc4nc(cc5[nH]c(cc1n2)c(C)c5CC)C(C)=C4CCC)c(C)c3CC. The molecule has 38 heavy (non-hydrogen) atoms. The summed E-state index contributed by atoms with van der Waals surface area (Å²) < 4.78 is 0. The van der Waals surface area contributed by atoms with Crippen molar-refractivity contribution in [3.63, 3.8) is 0 Å². The first-order valence-corrected chi connectivity index (χ1v) is 14.4. The highest BCUT2D eigenvalue weighted by molar-refractivity contribution is 5.94. The largest absolute Gasteiger partial charge is 0.355 e. The number of H-pyrrole nitrogens is 2. The van der Waals surface area contributed by atoms with Crippen molar-refractivity contribution in [2.24, 2.45) is 0 Å². The molecule has 0 spiro atoms. The van der Waals surface area contributed by atoms with Crippen LogP contribution in [0.2, 0.25) is 0 Å². The van der Waals surface area contributed by atoms with E-state index < -0.39 is 0 Å². The Balaban J connectivity index is 1.97. The molecule has 2 N–H and O–H groups in total. The Kier molecular flexibility index (Phi) is 7.17. The molecular formula is C34H42N4. The molecule has 5 heterocycles. The zero-order chi connectivity index (χ0) is 27.1. The van der Waals surface area contributed by atoms with E-state index in [0.717, 1.165) is 83.4 Å². The van der Waals surface area contributed by atoms with Crippen molar-refractivity contribution in [3.8, 4) is 0 Å². The number of hydrogen-bond acceptors (Lipinski definition) is 2. The maximum atomic E-state index is 5.21. The Labute approximate surface area is 227 Å². The molecule has 0 aromatic carbocycles. The number of allylic oxidation sites excluding steroid dienone is 4. The van der Waals surface area contributed by atoms with Gasteiger partial charge in [0.1, 0.15) is 0 Å². The van der Waals surface area contributed by atoms with E-state index in [1.807, 2.05) is 0 Å². The molecule has 3 aromatic heterocycles. The van der Waals surface area contributed by atoms with E-state index in [9.17, 15) is 0 Å². The minimum absolute atomic E-state index is 0.973. The summed E-state index contributed by atoms with van der Waals surface area (Å²) in [4.78, 5) is 17.9. The van der Waals surface area contributed by atoms with Gasteiger partial charge in [0.15, 0.2) is 0 Å². The van der Waals surface area contributed by atoms with Gasteiger partial charge in [0, 0.05) is 22.1 Å². The average Bonchev–Trinajstić information content (AvgIpc) is 3.55. The number of fused-ring (bicyclic) bond motifs is 8. The molecule has 198 valence electrons. The Bertz CT molecular complexity index is 1520. The van der Waals surface area contributed by atoms with Crippen LogP contribution < -0.4 is 0 Å². The number of nitrogens with zero attached hydrogens (tertiary/aromatic N) is 2. The van der Waals surface area contributed by atoms with Crippen LogP contribution in [0.15, 0.2) is 24.3 Å². The summed E-state index contributed by atoms with van der Waals surface area (Å²) in [6, 6.07) is 9.07. The molecule has 5 rings (SSSR count). The fraction of sp³-hybridized carbons (Fsp3) is 0.412. The van der Waals surface area contributed by atoms with E-state index in [1.54, 1.807) is 0 Å². The van der Waals surface area contributed by atoms with Crippen molar-refractivity contribution in [2.45, 2.75) is 93.9 Å². The van der Waals surface area contributed by atoms with Crippen LogP contribution in [0, 0.1) is 13.8 Å². The zero-order valence-electron chi connectivity index (χ0n) is 24.4. The van der Waals surface area contributed by atoms with E-state index in [2.05, 4.69) is 89.6 Å². The van der Waals surface area contributed by atoms with E-state index in [-0.39, 0.29) is 0 Å². The summed E-state index contributed by atoms with van der Waals surface area (Å²) in [5.41, 5.74) is 19.6. The molecule has 4 nitrogen and oxygen atoms in total. The third kappa shape index (κ3) is 4.34. The van der Waals surface area contributed by atoms with Gasteiger partial charge in [0.2, 0.25) is 0 Å². The highest BCUT2D eigenvalue weighted by Gasteiger charge is 2.20. The summed E-state index contributed by atoms with van der Waals surface area (Å²) in [7, 11) is 0. The molecule has 0 aliphatic carbocycles. The molecule has 0 saturated carbocycles. The number of aryl methyl sites for hydroxylation is 4.